The van der Waals surface area contributed by atoms with Gasteiger partial charge in [-0.3, -0.25) is 0 Å². The van der Waals surface area contributed by atoms with Gasteiger partial charge in [-0.1, -0.05) is 43.5 Å². The molecule has 0 radical (unpaired) electrons. The number of hydrogen-bond donors (Lipinski definition) is 1. The van der Waals surface area contributed by atoms with Crippen LogP contribution in [0.15, 0.2) is 55.8 Å². The van der Waals surface area contributed by atoms with E-state index < -0.39 is 0 Å². The second-order valence-electron chi connectivity index (χ2n) is 2.56. The SMILES string of the molecule is C1=Cc2ccccc2ON1.C=CC=C. The summed E-state index contributed by atoms with van der Waals surface area (Å²) in [4.78, 5) is 5.09. The fourth-order valence-corrected chi connectivity index (χ4v) is 0.932. The van der Waals surface area contributed by atoms with Crippen LogP contribution in [0.4, 0.5) is 0 Å². The lowest BCUT2D eigenvalue weighted by atomic mass is 10.2. The van der Waals surface area contributed by atoms with Crippen molar-refractivity contribution in [2.24, 2.45) is 0 Å². The first-order valence-corrected chi connectivity index (χ1v) is 4.30. The van der Waals surface area contributed by atoms with Crippen molar-refractivity contribution in [1.82, 2.24) is 5.48 Å². The monoisotopic (exact) mass is 187 g/mol. The highest BCUT2D eigenvalue weighted by Crippen LogP contribution is 2.20. The smallest absolute Gasteiger partial charge is 0.162 e. The molecule has 1 aliphatic heterocycles. The van der Waals surface area contributed by atoms with Gasteiger partial charge in [0.15, 0.2) is 5.75 Å². The molecule has 0 atom stereocenters. The third-order valence-corrected chi connectivity index (χ3v) is 1.59. The van der Waals surface area contributed by atoms with E-state index in [1.165, 1.54) is 0 Å². The molecule has 1 aromatic carbocycles. The average Bonchev–Trinajstić information content (AvgIpc) is 2.30. The zero-order chi connectivity index (χ0) is 10.2. The normalized spacial score (nSPS) is 10.9. The Hall–Kier alpha value is -1.96. The van der Waals surface area contributed by atoms with Gasteiger partial charge in [-0.15, -0.1) is 0 Å². The minimum atomic E-state index is 0.880. The third-order valence-electron chi connectivity index (χ3n) is 1.59. The molecule has 1 heterocycles. The van der Waals surface area contributed by atoms with E-state index in [-0.39, 0.29) is 0 Å². The molecular weight excluding hydrogens is 174 g/mol. The summed E-state index contributed by atoms with van der Waals surface area (Å²) in [6, 6.07) is 7.86. The Morgan fingerprint density at radius 2 is 1.86 bits per heavy atom. The van der Waals surface area contributed by atoms with E-state index in [0.717, 1.165) is 11.3 Å². The number of rotatable bonds is 1. The van der Waals surface area contributed by atoms with Gasteiger partial charge in [0.05, 0.1) is 0 Å². The van der Waals surface area contributed by atoms with Crippen molar-refractivity contribution in [2.75, 3.05) is 0 Å². The van der Waals surface area contributed by atoms with Gasteiger partial charge >= 0.3 is 0 Å². The Morgan fingerprint density at radius 1 is 1.14 bits per heavy atom. The number of para-hydroxylation sites is 1. The van der Waals surface area contributed by atoms with Gasteiger partial charge in [0.1, 0.15) is 0 Å². The number of hydrogen-bond acceptors (Lipinski definition) is 2. The summed E-state index contributed by atoms with van der Waals surface area (Å²) in [5, 5.41) is 0. The summed E-state index contributed by atoms with van der Waals surface area (Å²) in [7, 11) is 0. The number of allylic oxidation sites excluding steroid dienone is 2. The van der Waals surface area contributed by atoms with Crippen molar-refractivity contribution < 1.29 is 4.84 Å². The van der Waals surface area contributed by atoms with Crippen LogP contribution >= 0.6 is 0 Å². The van der Waals surface area contributed by atoms with Crippen LogP contribution in [0.1, 0.15) is 5.56 Å². The standard InChI is InChI=1S/C8H7NO.C4H6/c1-2-4-8-7(3-1)5-6-9-10-8;1-3-4-2/h1-6,9H;3-4H,1-2H2. The lowest BCUT2D eigenvalue weighted by Gasteiger charge is -2.11. The fraction of sp³-hybridized carbons (Fsp3) is 0. The molecule has 0 unspecified atom stereocenters. The summed E-state index contributed by atoms with van der Waals surface area (Å²) < 4.78 is 0. The first-order chi connectivity index (χ1) is 6.88. The van der Waals surface area contributed by atoms with Gasteiger partial charge in [-0.25, -0.2) is 5.48 Å². The Balaban J connectivity index is 0.000000213. The van der Waals surface area contributed by atoms with E-state index in [1.54, 1.807) is 18.4 Å². The molecule has 2 rings (SSSR count). The van der Waals surface area contributed by atoms with E-state index in [2.05, 4.69) is 18.6 Å². The topological polar surface area (TPSA) is 21.3 Å². The van der Waals surface area contributed by atoms with Crippen LogP contribution in [0.3, 0.4) is 0 Å². The van der Waals surface area contributed by atoms with Crippen molar-refractivity contribution in [3.05, 3.63) is 61.3 Å². The minimum absolute atomic E-state index is 0.880. The Morgan fingerprint density at radius 3 is 2.50 bits per heavy atom. The molecule has 1 aliphatic rings. The average molecular weight is 187 g/mol. The molecule has 0 amide bonds. The highest BCUT2D eigenvalue weighted by molar-refractivity contribution is 5.57. The highest BCUT2D eigenvalue weighted by atomic mass is 16.6. The summed E-state index contributed by atoms with van der Waals surface area (Å²) >= 11 is 0. The number of nitrogens with one attached hydrogen (secondary N) is 1. The number of fused-ring (bicyclic) bond motifs is 1. The number of hydroxylamine groups is 1. The van der Waals surface area contributed by atoms with Crippen molar-refractivity contribution in [3.8, 4) is 5.75 Å². The van der Waals surface area contributed by atoms with Gasteiger partial charge in [-0.2, -0.15) is 0 Å². The molecule has 72 valence electrons. The van der Waals surface area contributed by atoms with E-state index in [1.807, 2.05) is 30.3 Å². The van der Waals surface area contributed by atoms with Gasteiger partial charge < -0.3 is 4.84 Å². The molecule has 0 spiro atoms. The van der Waals surface area contributed by atoms with E-state index in [4.69, 9.17) is 4.84 Å². The molecule has 0 fully saturated rings. The van der Waals surface area contributed by atoms with Crippen LogP contribution in [0.2, 0.25) is 0 Å². The van der Waals surface area contributed by atoms with E-state index in [0.29, 0.717) is 0 Å². The molecule has 2 nitrogen and oxygen atoms in total. The number of benzene rings is 1. The molecule has 0 saturated carbocycles. The summed E-state index contributed by atoms with van der Waals surface area (Å²) in [6.07, 6.45) is 7.02. The molecule has 2 heteroatoms. The largest absolute Gasteiger partial charge is 0.382 e. The van der Waals surface area contributed by atoms with Crippen LogP contribution in [0.5, 0.6) is 5.75 Å². The van der Waals surface area contributed by atoms with Crippen LogP contribution in [-0.2, 0) is 0 Å². The molecule has 0 bridgehead atoms. The van der Waals surface area contributed by atoms with E-state index >= 15 is 0 Å². The molecule has 0 aromatic heterocycles. The maximum absolute atomic E-state index is 5.09. The third kappa shape index (κ3) is 2.83. The lowest BCUT2D eigenvalue weighted by Crippen LogP contribution is -2.13. The van der Waals surface area contributed by atoms with Crippen LogP contribution < -0.4 is 10.3 Å². The predicted octanol–water partition coefficient (Wildman–Crippen LogP) is 2.91. The van der Waals surface area contributed by atoms with Gasteiger partial charge in [0.25, 0.3) is 0 Å². The molecule has 0 aliphatic carbocycles. The second-order valence-corrected chi connectivity index (χ2v) is 2.56. The maximum atomic E-state index is 5.09. The van der Waals surface area contributed by atoms with E-state index in [9.17, 15) is 0 Å². The van der Waals surface area contributed by atoms with Crippen LogP contribution in [0.25, 0.3) is 6.08 Å². The first kappa shape index (κ1) is 10.1. The second kappa shape index (κ2) is 5.65. The summed E-state index contributed by atoms with van der Waals surface area (Å²) in [5.74, 6) is 0.880. The Kier molecular flexibility index (Phi) is 4.08. The molecule has 0 saturated heterocycles. The molecule has 1 N–H and O–H groups in total. The lowest BCUT2D eigenvalue weighted by molar-refractivity contribution is 0.239. The van der Waals surface area contributed by atoms with Crippen molar-refractivity contribution in [1.29, 1.82) is 0 Å². The molecule has 14 heavy (non-hydrogen) atoms. The summed E-state index contributed by atoms with van der Waals surface area (Å²) in [6.45, 7) is 6.72. The molecule has 1 aromatic rings. The van der Waals surface area contributed by atoms with Gasteiger partial charge in [-0.05, 0) is 12.1 Å². The Labute approximate surface area is 84.2 Å². The predicted molar refractivity (Wildman–Crippen MR) is 59.6 cm³/mol. The first-order valence-electron chi connectivity index (χ1n) is 4.30. The Bertz CT molecular complexity index is 336. The van der Waals surface area contributed by atoms with Gasteiger partial charge in [0, 0.05) is 11.8 Å². The van der Waals surface area contributed by atoms with Crippen molar-refractivity contribution in [3.63, 3.8) is 0 Å². The van der Waals surface area contributed by atoms with Crippen LogP contribution in [0, 0.1) is 0 Å². The van der Waals surface area contributed by atoms with Crippen LogP contribution in [-0.4, -0.2) is 0 Å². The summed E-state index contributed by atoms with van der Waals surface area (Å²) in [5.41, 5.74) is 3.77. The maximum Gasteiger partial charge on any atom is 0.162 e. The van der Waals surface area contributed by atoms with Crippen molar-refractivity contribution in [2.45, 2.75) is 0 Å². The molecular formula is C12H13NO. The minimum Gasteiger partial charge on any atom is -0.382 e. The zero-order valence-electron chi connectivity index (χ0n) is 7.94. The quantitative estimate of drug-likeness (QED) is 0.682. The highest BCUT2D eigenvalue weighted by Gasteiger charge is 2.01. The fourth-order valence-electron chi connectivity index (χ4n) is 0.932. The zero-order valence-corrected chi connectivity index (χ0v) is 7.94. The van der Waals surface area contributed by atoms with Gasteiger partial charge in [0.2, 0.25) is 0 Å². The van der Waals surface area contributed by atoms with Crippen molar-refractivity contribution >= 4 is 6.08 Å².